The molecule has 0 spiro atoms. The van der Waals surface area contributed by atoms with Crippen molar-refractivity contribution in [2.45, 2.75) is 12.8 Å². The Kier molecular flexibility index (Phi) is 2.60. The van der Waals surface area contributed by atoms with Gasteiger partial charge >= 0.3 is 0 Å². The molecule has 0 unspecified atom stereocenters. The van der Waals surface area contributed by atoms with E-state index < -0.39 is 0 Å². The molecule has 3 heterocycles. The maximum Gasteiger partial charge on any atom is 0.278 e. The molecule has 6 nitrogen and oxygen atoms in total. The first-order valence-corrected chi connectivity index (χ1v) is 6.37. The summed E-state index contributed by atoms with van der Waals surface area (Å²) in [4.78, 5) is 26.6. The molecule has 3 aromatic rings. The second-order valence-electron chi connectivity index (χ2n) is 3.91. The molecule has 0 amide bonds. The predicted octanol–water partition coefficient (Wildman–Crippen LogP) is 1.08. The molecule has 0 aromatic carbocycles. The molecular weight excluding hydrogens is 250 g/mol. The average molecular weight is 261 g/mol. The number of thiophene rings is 1. The summed E-state index contributed by atoms with van der Waals surface area (Å²) in [5, 5.41) is 2.04. The van der Waals surface area contributed by atoms with Crippen molar-refractivity contribution in [3.63, 3.8) is 0 Å². The van der Waals surface area contributed by atoms with E-state index in [0.29, 0.717) is 11.2 Å². The molecular formula is C11H11N5OS. The van der Waals surface area contributed by atoms with Gasteiger partial charge in [0.05, 0.1) is 0 Å². The Bertz CT molecular complexity index is 728. The number of H-pyrrole nitrogens is 2. The summed E-state index contributed by atoms with van der Waals surface area (Å²) in [6.07, 6.45) is 1.64. The first kappa shape index (κ1) is 11.0. The molecule has 0 fully saturated rings. The summed E-state index contributed by atoms with van der Waals surface area (Å²) >= 11 is 1.71. The number of nitrogens with zero attached hydrogens (tertiary/aromatic N) is 2. The van der Waals surface area contributed by atoms with Gasteiger partial charge in [-0.15, -0.1) is 11.3 Å². The van der Waals surface area contributed by atoms with Gasteiger partial charge in [-0.25, -0.2) is 4.98 Å². The van der Waals surface area contributed by atoms with E-state index in [-0.39, 0.29) is 11.5 Å². The third-order valence-electron chi connectivity index (χ3n) is 2.62. The molecule has 7 heteroatoms. The molecule has 0 aliphatic carbocycles. The molecule has 0 aliphatic heterocycles. The van der Waals surface area contributed by atoms with Crippen LogP contribution in [-0.2, 0) is 12.8 Å². The lowest BCUT2D eigenvalue weighted by molar-refractivity contribution is 0.901. The zero-order chi connectivity index (χ0) is 12.5. The number of nitrogens with two attached hydrogens (primary N) is 1. The van der Waals surface area contributed by atoms with Crippen LogP contribution in [0.15, 0.2) is 22.3 Å². The standard InChI is InChI=1S/C11H11N5OS/c12-11-15-9-8(10(17)16-11)13-7(14-9)4-3-6-2-1-5-18-6/h1-2,5H,3-4H2,(H4,12,13,14,15,16,17). The minimum Gasteiger partial charge on any atom is -0.369 e. The van der Waals surface area contributed by atoms with Crippen LogP contribution in [0.2, 0.25) is 0 Å². The number of nitrogens with one attached hydrogen (secondary N) is 2. The summed E-state index contributed by atoms with van der Waals surface area (Å²) < 4.78 is 0. The van der Waals surface area contributed by atoms with Gasteiger partial charge in [0, 0.05) is 11.3 Å². The Morgan fingerprint density at radius 2 is 2.17 bits per heavy atom. The topological polar surface area (TPSA) is 100 Å². The molecule has 0 bridgehead atoms. The van der Waals surface area contributed by atoms with E-state index in [1.165, 1.54) is 4.88 Å². The number of anilines is 1. The van der Waals surface area contributed by atoms with Gasteiger partial charge in [0.15, 0.2) is 11.2 Å². The minimum atomic E-state index is -0.285. The highest BCUT2D eigenvalue weighted by molar-refractivity contribution is 7.09. The van der Waals surface area contributed by atoms with Crippen LogP contribution in [0.5, 0.6) is 0 Å². The molecule has 0 radical (unpaired) electrons. The summed E-state index contributed by atoms with van der Waals surface area (Å²) in [6, 6.07) is 4.10. The number of nitrogen functional groups attached to an aromatic ring is 1. The van der Waals surface area contributed by atoms with Gasteiger partial charge in [0.25, 0.3) is 5.56 Å². The van der Waals surface area contributed by atoms with E-state index in [1.54, 1.807) is 11.3 Å². The van der Waals surface area contributed by atoms with Crippen molar-refractivity contribution in [1.29, 1.82) is 0 Å². The van der Waals surface area contributed by atoms with E-state index >= 15 is 0 Å². The third-order valence-corrected chi connectivity index (χ3v) is 3.55. The number of rotatable bonds is 3. The van der Waals surface area contributed by atoms with Crippen LogP contribution in [0.25, 0.3) is 11.2 Å². The Labute approximate surface area is 106 Å². The minimum absolute atomic E-state index is 0.0869. The Morgan fingerprint density at radius 3 is 2.94 bits per heavy atom. The van der Waals surface area contributed by atoms with Crippen LogP contribution in [0, 0.1) is 0 Å². The van der Waals surface area contributed by atoms with Crippen molar-refractivity contribution in [1.82, 2.24) is 19.9 Å². The van der Waals surface area contributed by atoms with Crippen LogP contribution in [0.1, 0.15) is 10.7 Å². The molecule has 3 aromatic heterocycles. The highest BCUT2D eigenvalue weighted by atomic mass is 32.1. The smallest absolute Gasteiger partial charge is 0.278 e. The van der Waals surface area contributed by atoms with Gasteiger partial charge < -0.3 is 10.7 Å². The first-order chi connectivity index (χ1) is 8.72. The molecule has 0 saturated heterocycles. The van der Waals surface area contributed by atoms with E-state index in [1.807, 2.05) is 11.4 Å². The van der Waals surface area contributed by atoms with Crippen molar-refractivity contribution >= 4 is 28.4 Å². The van der Waals surface area contributed by atoms with Crippen molar-refractivity contribution < 1.29 is 0 Å². The lowest BCUT2D eigenvalue weighted by Gasteiger charge is -1.93. The molecule has 0 saturated carbocycles. The maximum atomic E-state index is 11.6. The van der Waals surface area contributed by atoms with Gasteiger partial charge in [0.2, 0.25) is 5.95 Å². The van der Waals surface area contributed by atoms with Crippen LogP contribution in [0.4, 0.5) is 5.95 Å². The highest BCUT2D eigenvalue weighted by Gasteiger charge is 2.08. The normalized spacial score (nSPS) is 11.1. The predicted molar refractivity (Wildman–Crippen MR) is 70.6 cm³/mol. The molecule has 3 rings (SSSR count). The maximum absolute atomic E-state index is 11.6. The van der Waals surface area contributed by atoms with Crippen LogP contribution < -0.4 is 11.3 Å². The molecule has 0 aliphatic rings. The number of aromatic nitrogens is 4. The lowest BCUT2D eigenvalue weighted by Crippen LogP contribution is -2.10. The van der Waals surface area contributed by atoms with Gasteiger partial charge in [-0.1, -0.05) is 6.07 Å². The Morgan fingerprint density at radius 1 is 1.28 bits per heavy atom. The Hall–Kier alpha value is -2.15. The lowest BCUT2D eigenvalue weighted by atomic mass is 10.2. The van der Waals surface area contributed by atoms with Gasteiger partial charge in [-0.2, -0.15) is 4.98 Å². The van der Waals surface area contributed by atoms with Gasteiger partial charge in [0.1, 0.15) is 5.82 Å². The third kappa shape index (κ3) is 2.00. The fraction of sp³-hybridized carbons (Fsp3) is 0.182. The van der Waals surface area contributed by atoms with Crippen LogP contribution in [-0.4, -0.2) is 19.9 Å². The monoisotopic (exact) mass is 261 g/mol. The van der Waals surface area contributed by atoms with Crippen molar-refractivity contribution in [2.24, 2.45) is 0 Å². The van der Waals surface area contributed by atoms with Crippen molar-refractivity contribution in [3.8, 4) is 0 Å². The quantitative estimate of drug-likeness (QED) is 0.656. The fourth-order valence-corrected chi connectivity index (χ4v) is 2.50. The summed E-state index contributed by atoms with van der Waals surface area (Å²) in [6.45, 7) is 0. The number of aryl methyl sites for hydroxylation is 2. The second-order valence-corrected chi connectivity index (χ2v) is 4.94. The van der Waals surface area contributed by atoms with E-state index in [0.717, 1.165) is 18.7 Å². The average Bonchev–Trinajstić information content (AvgIpc) is 2.93. The molecule has 18 heavy (non-hydrogen) atoms. The van der Waals surface area contributed by atoms with Gasteiger partial charge in [-0.3, -0.25) is 9.78 Å². The number of aromatic amines is 2. The SMILES string of the molecule is Nc1nc2nc(CCc3cccs3)[nH]c2c(=O)[nH]1. The molecule has 4 N–H and O–H groups in total. The van der Waals surface area contributed by atoms with E-state index in [9.17, 15) is 4.79 Å². The summed E-state index contributed by atoms with van der Waals surface area (Å²) in [7, 11) is 0. The van der Waals surface area contributed by atoms with Crippen LogP contribution in [0.3, 0.4) is 0 Å². The molecule has 0 atom stereocenters. The van der Waals surface area contributed by atoms with Gasteiger partial charge in [-0.05, 0) is 17.9 Å². The fourth-order valence-electron chi connectivity index (χ4n) is 1.79. The zero-order valence-corrected chi connectivity index (χ0v) is 10.3. The van der Waals surface area contributed by atoms with Crippen LogP contribution >= 0.6 is 11.3 Å². The van der Waals surface area contributed by atoms with E-state index in [2.05, 4.69) is 26.0 Å². The summed E-state index contributed by atoms with van der Waals surface area (Å²) in [5.74, 6) is 0.839. The summed E-state index contributed by atoms with van der Waals surface area (Å²) in [5.41, 5.74) is 5.93. The Balaban J connectivity index is 1.89. The molecule has 92 valence electrons. The number of hydrogen-bond acceptors (Lipinski definition) is 5. The number of hydrogen-bond donors (Lipinski definition) is 3. The van der Waals surface area contributed by atoms with Crippen molar-refractivity contribution in [2.75, 3.05) is 5.73 Å². The van der Waals surface area contributed by atoms with Crippen molar-refractivity contribution in [3.05, 3.63) is 38.6 Å². The number of fused-ring (bicyclic) bond motifs is 1. The number of imidazole rings is 1. The largest absolute Gasteiger partial charge is 0.369 e. The first-order valence-electron chi connectivity index (χ1n) is 5.49. The van der Waals surface area contributed by atoms with E-state index in [4.69, 9.17) is 5.73 Å². The highest BCUT2D eigenvalue weighted by Crippen LogP contribution is 2.12. The second kappa shape index (κ2) is 4.26. The zero-order valence-electron chi connectivity index (χ0n) is 9.43.